The van der Waals surface area contributed by atoms with Crippen LogP contribution in [-0.4, -0.2) is 23.7 Å². The number of aromatic nitrogens is 1. The second-order valence-corrected chi connectivity index (χ2v) is 6.08. The smallest absolute Gasteiger partial charge is 0.360 e. The van der Waals surface area contributed by atoms with Gasteiger partial charge < -0.3 is 13.9 Å². The number of rotatable bonds is 4. The Hall–Kier alpha value is -1.36. The lowest BCUT2D eigenvalue weighted by molar-refractivity contribution is 0.0124. The molecule has 2 aliphatic rings. The summed E-state index contributed by atoms with van der Waals surface area (Å²) in [6.07, 6.45) is 8.99. The van der Waals surface area contributed by atoms with Crippen molar-refractivity contribution in [2.45, 2.75) is 64.1 Å². The molecule has 1 aliphatic heterocycles. The van der Waals surface area contributed by atoms with Crippen LogP contribution < -0.4 is 0 Å². The summed E-state index contributed by atoms with van der Waals surface area (Å²) in [5.41, 5.74) is 0.282. The third-order valence-electron chi connectivity index (χ3n) is 4.62. The number of hydrogen-bond donors (Lipinski definition) is 0. The Bertz CT molecular complexity index is 472. The van der Waals surface area contributed by atoms with Crippen LogP contribution in [0.4, 0.5) is 0 Å². The van der Waals surface area contributed by atoms with Gasteiger partial charge in [-0.25, -0.2) is 9.78 Å². The van der Waals surface area contributed by atoms with Gasteiger partial charge in [0.15, 0.2) is 17.8 Å². The first kappa shape index (κ1) is 14.6. The third kappa shape index (κ3) is 3.28. The topological polar surface area (TPSA) is 61.6 Å². The fourth-order valence-electron chi connectivity index (χ4n) is 3.35. The molecule has 1 aliphatic carbocycles. The minimum Gasteiger partial charge on any atom is -0.458 e. The second-order valence-electron chi connectivity index (χ2n) is 6.08. The van der Waals surface area contributed by atoms with Gasteiger partial charge in [-0.1, -0.05) is 19.3 Å². The first-order valence-corrected chi connectivity index (χ1v) is 8.01. The molecule has 1 saturated carbocycles. The molecule has 5 heteroatoms. The van der Waals surface area contributed by atoms with Crippen LogP contribution in [-0.2, 0) is 9.47 Å². The van der Waals surface area contributed by atoms with Crippen molar-refractivity contribution in [3.8, 4) is 0 Å². The molecule has 2 fully saturated rings. The third-order valence-corrected chi connectivity index (χ3v) is 4.62. The summed E-state index contributed by atoms with van der Waals surface area (Å²) in [5.74, 6) is 0.612. The largest absolute Gasteiger partial charge is 0.458 e. The monoisotopic (exact) mass is 293 g/mol. The van der Waals surface area contributed by atoms with Gasteiger partial charge in [-0.15, -0.1) is 0 Å². The lowest BCUT2D eigenvalue weighted by Gasteiger charge is -2.27. The van der Waals surface area contributed by atoms with Crippen molar-refractivity contribution in [1.29, 1.82) is 0 Å². The molecular weight excluding hydrogens is 270 g/mol. The van der Waals surface area contributed by atoms with Crippen LogP contribution in [0.3, 0.4) is 0 Å². The molecule has 1 saturated heterocycles. The predicted molar refractivity (Wildman–Crippen MR) is 75.9 cm³/mol. The summed E-state index contributed by atoms with van der Waals surface area (Å²) in [4.78, 5) is 16.4. The number of nitrogens with zero attached hydrogens (tertiary/aromatic N) is 1. The highest BCUT2D eigenvalue weighted by atomic mass is 16.5. The highest BCUT2D eigenvalue weighted by molar-refractivity contribution is 5.88. The van der Waals surface area contributed by atoms with Gasteiger partial charge in [0.25, 0.3) is 0 Å². The zero-order chi connectivity index (χ0) is 14.7. The number of ether oxygens (including phenoxy) is 2. The van der Waals surface area contributed by atoms with E-state index in [9.17, 15) is 4.79 Å². The summed E-state index contributed by atoms with van der Waals surface area (Å²) in [6.45, 7) is 2.69. The Morgan fingerprint density at radius 2 is 2.10 bits per heavy atom. The highest BCUT2D eigenvalue weighted by Crippen LogP contribution is 2.32. The molecule has 0 spiro atoms. The summed E-state index contributed by atoms with van der Waals surface area (Å²) in [7, 11) is 0. The van der Waals surface area contributed by atoms with Crippen LogP contribution in [0.1, 0.15) is 74.2 Å². The molecule has 21 heavy (non-hydrogen) atoms. The number of esters is 1. The van der Waals surface area contributed by atoms with Gasteiger partial charge in [-0.3, -0.25) is 0 Å². The van der Waals surface area contributed by atoms with E-state index in [0.717, 1.165) is 25.7 Å². The number of oxazole rings is 1. The maximum Gasteiger partial charge on any atom is 0.360 e. The zero-order valence-corrected chi connectivity index (χ0v) is 12.5. The van der Waals surface area contributed by atoms with Crippen molar-refractivity contribution in [3.05, 3.63) is 17.8 Å². The summed E-state index contributed by atoms with van der Waals surface area (Å²) in [5, 5.41) is 0. The maximum atomic E-state index is 12.3. The lowest BCUT2D eigenvalue weighted by Crippen LogP contribution is -2.26. The molecule has 3 rings (SSSR count). The van der Waals surface area contributed by atoms with Crippen LogP contribution in [0, 0.1) is 5.92 Å². The minimum atomic E-state index is -0.382. The average molecular weight is 293 g/mol. The number of carbonyl (C=O) groups excluding carboxylic acids is 1. The van der Waals surface area contributed by atoms with Gasteiger partial charge >= 0.3 is 5.97 Å². The molecule has 0 aromatic carbocycles. The van der Waals surface area contributed by atoms with E-state index in [1.54, 1.807) is 0 Å². The van der Waals surface area contributed by atoms with E-state index < -0.39 is 0 Å². The Balaban J connectivity index is 1.63. The first-order valence-electron chi connectivity index (χ1n) is 8.01. The van der Waals surface area contributed by atoms with Gasteiger partial charge in [0.05, 0.1) is 0 Å². The Morgan fingerprint density at radius 1 is 1.29 bits per heavy atom. The zero-order valence-electron chi connectivity index (χ0n) is 12.5. The molecule has 1 aromatic heterocycles. The fourth-order valence-corrected chi connectivity index (χ4v) is 3.35. The van der Waals surface area contributed by atoms with Gasteiger partial charge in [0.2, 0.25) is 0 Å². The van der Waals surface area contributed by atoms with Crippen molar-refractivity contribution >= 4 is 5.97 Å². The lowest BCUT2D eigenvalue weighted by atomic mass is 9.86. The second kappa shape index (κ2) is 6.60. The SMILES string of the molecule is C[C@H](OC(=O)c1ncoc1[C@H]1CCCO1)C1CCCCC1. The van der Waals surface area contributed by atoms with Gasteiger partial charge in [0, 0.05) is 6.61 Å². The summed E-state index contributed by atoms with van der Waals surface area (Å²) >= 11 is 0. The Labute approximate surface area is 125 Å². The molecule has 0 bridgehead atoms. The quantitative estimate of drug-likeness (QED) is 0.793. The Kier molecular flexibility index (Phi) is 4.58. The summed E-state index contributed by atoms with van der Waals surface area (Å²) in [6, 6.07) is 0. The normalized spacial score (nSPS) is 24.9. The Morgan fingerprint density at radius 3 is 2.81 bits per heavy atom. The van der Waals surface area contributed by atoms with Crippen molar-refractivity contribution in [1.82, 2.24) is 4.98 Å². The molecule has 0 unspecified atom stereocenters. The number of hydrogen-bond acceptors (Lipinski definition) is 5. The first-order chi connectivity index (χ1) is 10.3. The molecule has 2 heterocycles. The van der Waals surface area contributed by atoms with Crippen molar-refractivity contribution in [2.75, 3.05) is 6.61 Å². The predicted octanol–water partition coefficient (Wildman–Crippen LogP) is 3.65. The van der Waals surface area contributed by atoms with Crippen LogP contribution >= 0.6 is 0 Å². The standard InChI is InChI=1S/C16H23NO4/c1-11(12-6-3-2-4-7-12)21-16(18)14-15(20-10-17-14)13-8-5-9-19-13/h10-13H,2-9H2,1H3/t11-,13+/m0/s1. The number of carbonyl (C=O) groups is 1. The average Bonchev–Trinajstić information content (AvgIpc) is 3.18. The fraction of sp³-hybridized carbons (Fsp3) is 0.750. The minimum absolute atomic E-state index is 0.0631. The molecule has 0 amide bonds. The molecule has 116 valence electrons. The molecule has 0 N–H and O–H groups in total. The van der Waals surface area contributed by atoms with E-state index in [1.807, 2.05) is 6.92 Å². The van der Waals surface area contributed by atoms with Gasteiger partial charge in [-0.2, -0.15) is 0 Å². The maximum absolute atomic E-state index is 12.3. The molecular formula is C16H23NO4. The van der Waals surface area contributed by atoms with Crippen molar-refractivity contribution in [2.24, 2.45) is 5.92 Å². The van der Waals surface area contributed by atoms with Crippen LogP contribution in [0.5, 0.6) is 0 Å². The van der Waals surface area contributed by atoms with Crippen molar-refractivity contribution < 1.29 is 18.7 Å². The molecule has 0 radical (unpaired) electrons. The summed E-state index contributed by atoms with van der Waals surface area (Å²) < 4.78 is 16.5. The van der Waals surface area contributed by atoms with Crippen LogP contribution in [0.2, 0.25) is 0 Å². The van der Waals surface area contributed by atoms with E-state index >= 15 is 0 Å². The van der Waals surface area contributed by atoms with E-state index in [2.05, 4.69) is 4.98 Å². The van der Waals surface area contributed by atoms with E-state index in [-0.39, 0.29) is 23.9 Å². The van der Waals surface area contributed by atoms with Crippen LogP contribution in [0.15, 0.2) is 10.8 Å². The highest BCUT2D eigenvalue weighted by Gasteiger charge is 2.31. The van der Waals surface area contributed by atoms with Gasteiger partial charge in [-0.05, 0) is 38.5 Å². The van der Waals surface area contributed by atoms with E-state index in [1.165, 1.54) is 25.7 Å². The van der Waals surface area contributed by atoms with Gasteiger partial charge in [0.1, 0.15) is 12.2 Å². The molecule has 2 atom stereocenters. The van der Waals surface area contributed by atoms with E-state index in [0.29, 0.717) is 18.3 Å². The molecule has 1 aromatic rings. The van der Waals surface area contributed by atoms with Crippen molar-refractivity contribution in [3.63, 3.8) is 0 Å². The molecule has 5 nitrogen and oxygen atoms in total. The van der Waals surface area contributed by atoms with E-state index in [4.69, 9.17) is 13.9 Å². The van der Waals surface area contributed by atoms with Crippen LogP contribution in [0.25, 0.3) is 0 Å².